The molecule has 0 unspecified atom stereocenters. The summed E-state index contributed by atoms with van der Waals surface area (Å²) in [4.78, 5) is 10.7. The summed E-state index contributed by atoms with van der Waals surface area (Å²) in [6, 6.07) is 0. The van der Waals surface area contributed by atoms with Gasteiger partial charge in [0.05, 0.1) is 0 Å². The van der Waals surface area contributed by atoms with Crippen molar-refractivity contribution in [2.24, 2.45) is 0 Å². The standard InChI is InChI=1S/C13H24N4/c1-6-8-10-11(14)15-9-16-12(10)17(5)13(3,4)7-2/h9H,6-8H2,1-5H3,(H2,14,15,16). The van der Waals surface area contributed by atoms with Crippen molar-refractivity contribution in [2.75, 3.05) is 17.7 Å². The molecule has 2 N–H and O–H groups in total. The maximum Gasteiger partial charge on any atom is 0.137 e. The lowest BCUT2D eigenvalue weighted by molar-refractivity contribution is 0.465. The van der Waals surface area contributed by atoms with Crippen LogP contribution in [-0.2, 0) is 6.42 Å². The molecular weight excluding hydrogens is 212 g/mol. The Kier molecular flexibility index (Phi) is 4.32. The predicted octanol–water partition coefficient (Wildman–Crippen LogP) is 2.64. The second kappa shape index (κ2) is 5.34. The van der Waals surface area contributed by atoms with E-state index in [0.717, 1.165) is 30.6 Å². The molecule has 0 aliphatic heterocycles. The van der Waals surface area contributed by atoms with Crippen molar-refractivity contribution in [3.8, 4) is 0 Å². The molecule has 0 radical (unpaired) electrons. The average Bonchev–Trinajstić information content (AvgIpc) is 2.31. The molecule has 17 heavy (non-hydrogen) atoms. The monoisotopic (exact) mass is 236 g/mol. The number of hydrogen-bond acceptors (Lipinski definition) is 4. The van der Waals surface area contributed by atoms with Gasteiger partial charge < -0.3 is 10.6 Å². The number of rotatable bonds is 5. The van der Waals surface area contributed by atoms with Gasteiger partial charge in [-0.15, -0.1) is 0 Å². The molecule has 0 amide bonds. The molecule has 96 valence electrons. The van der Waals surface area contributed by atoms with Gasteiger partial charge in [0.15, 0.2) is 0 Å². The molecule has 0 fully saturated rings. The van der Waals surface area contributed by atoms with Crippen molar-refractivity contribution in [3.63, 3.8) is 0 Å². The fourth-order valence-electron chi connectivity index (χ4n) is 1.72. The molecule has 1 aromatic rings. The van der Waals surface area contributed by atoms with Crippen LogP contribution in [-0.4, -0.2) is 22.6 Å². The SMILES string of the molecule is CCCc1c(N)ncnc1N(C)C(C)(C)CC. The van der Waals surface area contributed by atoms with Gasteiger partial charge in [-0.05, 0) is 26.7 Å². The third kappa shape index (κ3) is 2.87. The molecule has 0 aromatic carbocycles. The topological polar surface area (TPSA) is 55.0 Å². The van der Waals surface area contributed by atoms with E-state index in [0.29, 0.717) is 5.82 Å². The Morgan fingerprint density at radius 2 is 1.94 bits per heavy atom. The van der Waals surface area contributed by atoms with E-state index in [9.17, 15) is 0 Å². The molecule has 1 aromatic heterocycles. The minimum atomic E-state index is 0.0727. The fourth-order valence-corrected chi connectivity index (χ4v) is 1.72. The van der Waals surface area contributed by atoms with E-state index in [-0.39, 0.29) is 5.54 Å². The molecule has 0 saturated carbocycles. The van der Waals surface area contributed by atoms with Crippen LogP contribution in [0.1, 0.15) is 46.1 Å². The number of nitrogens with two attached hydrogens (primary N) is 1. The van der Waals surface area contributed by atoms with Crippen LogP contribution in [0, 0.1) is 0 Å². The van der Waals surface area contributed by atoms with Gasteiger partial charge in [-0.1, -0.05) is 20.3 Å². The van der Waals surface area contributed by atoms with Crippen molar-refractivity contribution in [3.05, 3.63) is 11.9 Å². The summed E-state index contributed by atoms with van der Waals surface area (Å²) in [6.07, 6.45) is 4.57. The second-order valence-corrected chi connectivity index (χ2v) is 5.04. The number of nitrogen functional groups attached to an aromatic ring is 1. The van der Waals surface area contributed by atoms with E-state index in [4.69, 9.17) is 5.73 Å². The van der Waals surface area contributed by atoms with Gasteiger partial charge in [0.1, 0.15) is 18.0 Å². The molecule has 1 heterocycles. The normalized spacial score (nSPS) is 11.6. The van der Waals surface area contributed by atoms with Crippen molar-refractivity contribution in [2.45, 2.75) is 52.5 Å². The van der Waals surface area contributed by atoms with Crippen LogP contribution in [0.4, 0.5) is 11.6 Å². The number of aromatic nitrogens is 2. The molecule has 4 heteroatoms. The van der Waals surface area contributed by atoms with Gasteiger partial charge in [-0.25, -0.2) is 9.97 Å². The van der Waals surface area contributed by atoms with E-state index in [1.165, 1.54) is 0 Å². The first-order valence-corrected chi connectivity index (χ1v) is 6.27. The lowest BCUT2D eigenvalue weighted by Crippen LogP contribution is -2.41. The molecule has 0 bridgehead atoms. The van der Waals surface area contributed by atoms with Crippen molar-refractivity contribution in [1.29, 1.82) is 0 Å². The van der Waals surface area contributed by atoms with E-state index in [2.05, 4.69) is 49.6 Å². The highest BCUT2D eigenvalue weighted by Gasteiger charge is 2.25. The quantitative estimate of drug-likeness (QED) is 0.854. The summed E-state index contributed by atoms with van der Waals surface area (Å²) in [5, 5.41) is 0. The molecule has 4 nitrogen and oxygen atoms in total. The van der Waals surface area contributed by atoms with Crippen molar-refractivity contribution < 1.29 is 0 Å². The summed E-state index contributed by atoms with van der Waals surface area (Å²) in [5.74, 6) is 1.57. The summed E-state index contributed by atoms with van der Waals surface area (Å²) in [6.45, 7) is 8.74. The predicted molar refractivity (Wildman–Crippen MR) is 73.2 cm³/mol. The van der Waals surface area contributed by atoms with Gasteiger partial charge in [0.2, 0.25) is 0 Å². The Hall–Kier alpha value is -1.32. The van der Waals surface area contributed by atoms with Crippen LogP contribution in [0.2, 0.25) is 0 Å². The Bertz CT molecular complexity index is 374. The smallest absolute Gasteiger partial charge is 0.137 e. The third-order valence-electron chi connectivity index (χ3n) is 3.55. The highest BCUT2D eigenvalue weighted by atomic mass is 15.2. The Labute approximate surface area is 104 Å². The highest BCUT2D eigenvalue weighted by molar-refractivity contribution is 5.57. The minimum Gasteiger partial charge on any atom is -0.383 e. The number of nitrogens with zero attached hydrogens (tertiary/aromatic N) is 3. The largest absolute Gasteiger partial charge is 0.383 e. The van der Waals surface area contributed by atoms with E-state index >= 15 is 0 Å². The zero-order valence-electron chi connectivity index (χ0n) is 11.6. The molecule has 1 rings (SSSR count). The van der Waals surface area contributed by atoms with Gasteiger partial charge in [-0.2, -0.15) is 0 Å². The number of hydrogen-bond donors (Lipinski definition) is 1. The molecule has 0 aliphatic carbocycles. The van der Waals surface area contributed by atoms with E-state index in [1.54, 1.807) is 6.33 Å². The lowest BCUT2D eigenvalue weighted by atomic mass is 9.99. The summed E-state index contributed by atoms with van der Waals surface area (Å²) in [5.41, 5.74) is 7.09. The molecular formula is C13H24N4. The van der Waals surface area contributed by atoms with Crippen LogP contribution in [0.3, 0.4) is 0 Å². The Morgan fingerprint density at radius 3 is 2.47 bits per heavy atom. The molecule has 0 aliphatic rings. The average molecular weight is 236 g/mol. The van der Waals surface area contributed by atoms with Gasteiger partial charge in [0.25, 0.3) is 0 Å². The fraction of sp³-hybridized carbons (Fsp3) is 0.692. The maximum absolute atomic E-state index is 5.95. The van der Waals surface area contributed by atoms with Crippen molar-refractivity contribution in [1.82, 2.24) is 9.97 Å². The Balaban J connectivity index is 3.17. The van der Waals surface area contributed by atoms with Crippen LogP contribution in [0.15, 0.2) is 6.33 Å². The first-order chi connectivity index (χ1) is 7.94. The van der Waals surface area contributed by atoms with E-state index < -0.39 is 0 Å². The third-order valence-corrected chi connectivity index (χ3v) is 3.55. The lowest BCUT2D eigenvalue weighted by Gasteiger charge is -2.37. The number of anilines is 2. The Morgan fingerprint density at radius 1 is 1.29 bits per heavy atom. The molecule has 0 atom stereocenters. The van der Waals surface area contributed by atoms with Crippen LogP contribution in [0.5, 0.6) is 0 Å². The maximum atomic E-state index is 5.95. The van der Waals surface area contributed by atoms with E-state index in [1.807, 2.05) is 0 Å². The first-order valence-electron chi connectivity index (χ1n) is 6.27. The summed E-state index contributed by atoms with van der Waals surface area (Å²) in [7, 11) is 2.07. The minimum absolute atomic E-state index is 0.0727. The van der Waals surface area contributed by atoms with Crippen molar-refractivity contribution >= 4 is 11.6 Å². The zero-order chi connectivity index (χ0) is 13.1. The van der Waals surface area contributed by atoms with Crippen LogP contribution in [0.25, 0.3) is 0 Å². The summed E-state index contributed by atoms with van der Waals surface area (Å²) < 4.78 is 0. The van der Waals surface area contributed by atoms with Crippen LogP contribution < -0.4 is 10.6 Å². The molecule has 0 saturated heterocycles. The van der Waals surface area contributed by atoms with Gasteiger partial charge >= 0.3 is 0 Å². The first kappa shape index (κ1) is 13.7. The summed E-state index contributed by atoms with van der Waals surface area (Å²) >= 11 is 0. The van der Waals surface area contributed by atoms with Gasteiger partial charge in [-0.3, -0.25) is 0 Å². The van der Waals surface area contributed by atoms with Crippen LogP contribution >= 0.6 is 0 Å². The molecule has 0 spiro atoms. The zero-order valence-corrected chi connectivity index (χ0v) is 11.6. The second-order valence-electron chi connectivity index (χ2n) is 5.04. The van der Waals surface area contributed by atoms with Gasteiger partial charge in [0, 0.05) is 18.2 Å². The highest BCUT2D eigenvalue weighted by Crippen LogP contribution is 2.28.